The fourth-order valence-electron chi connectivity index (χ4n) is 2.50. The quantitative estimate of drug-likeness (QED) is 0.305. The number of nitrogen functional groups attached to an aromatic ring is 1. The SMILES string of the molecule is CC(C)CC(CO)Nc1cc(N=C(N)N=C(N)Nc2ccccc2)nc(N)n1. The Morgan fingerprint density at radius 2 is 1.89 bits per heavy atom. The number of aliphatic hydroxyl groups excluding tert-OH is 1. The maximum absolute atomic E-state index is 9.52. The molecular weight excluding hydrogens is 358 g/mol. The van der Waals surface area contributed by atoms with Crippen LogP contribution in [0.4, 0.5) is 23.3 Å². The first-order valence-corrected chi connectivity index (χ1v) is 8.88. The van der Waals surface area contributed by atoms with Gasteiger partial charge < -0.3 is 32.9 Å². The fraction of sp³-hybridized carbons (Fsp3) is 0.333. The lowest BCUT2D eigenvalue weighted by molar-refractivity contribution is 0.259. The summed E-state index contributed by atoms with van der Waals surface area (Å²) in [5.41, 5.74) is 18.2. The molecule has 0 amide bonds. The molecule has 0 bridgehead atoms. The molecule has 0 aliphatic carbocycles. The second kappa shape index (κ2) is 10.1. The normalized spacial score (nSPS) is 13.4. The third-order valence-corrected chi connectivity index (χ3v) is 3.57. The molecule has 1 heterocycles. The van der Waals surface area contributed by atoms with Crippen molar-refractivity contribution in [1.29, 1.82) is 0 Å². The predicted octanol–water partition coefficient (Wildman–Crippen LogP) is 1.25. The number of nitrogens with zero attached hydrogens (tertiary/aromatic N) is 4. The van der Waals surface area contributed by atoms with Gasteiger partial charge in [0.25, 0.3) is 0 Å². The van der Waals surface area contributed by atoms with Crippen LogP contribution in [0.1, 0.15) is 20.3 Å². The Labute approximate surface area is 164 Å². The molecular formula is C18H27N9O. The zero-order chi connectivity index (χ0) is 20.5. The average molecular weight is 385 g/mol. The molecule has 1 unspecified atom stereocenters. The van der Waals surface area contributed by atoms with Crippen molar-refractivity contribution >= 4 is 35.2 Å². The van der Waals surface area contributed by atoms with Gasteiger partial charge in [0.15, 0.2) is 5.82 Å². The van der Waals surface area contributed by atoms with Gasteiger partial charge in [-0.15, -0.1) is 0 Å². The summed E-state index contributed by atoms with van der Waals surface area (Å²) in [6.07, 6.45) is 0.771. The number of nitrogens with two attached hydrogens (primary N) is 3. The van der Waals surface area contributed by atoms with E-state index >= 15 is 0 Å². The number of aliphatic imine (C=N–C) groups is 2. The molecule has 28 heavy (non-hydrogen) atoms. The third-order valence-electron chi connectivity index (χ3n) is 3.57. The Morgan fingerprint density at radius 3 is 2.54 bits per heavy atom. The standard InChI is InChI=1S/C18H27N9O/c1-11(2)8-13(10-28)22-14-9-15(25-17(20)24-14)26-18(21)27-16(19)23-12-6-4-3-5-7-12/h3-7,9,11,13,28H,8,10H2,1-2H3,(H8,19,20,21,22,23,24,25,26,27). The van der Waals surface area contributed by atoms with Crippen LogP contribution < -0.4 is 27.8 Å². The number of benzene rings is 1. The molecule has 0 saturated carbocycles. The lowest BCUT2D eigenvalue weighted by Gasteiger charge is -2.18. The maximum atomic E-state index is 9.52. The minimum Gasteiger partial charge on any atom is -0.394 e. The number of aliphatic hydroxyl groups is 1. The van der Waals surface area contributed by atoms with Crippen molar-refractivity contribution in [2.24, 2.45) is 27.4 Å². The predicted molar refractivity (Wildman–Crippen MR) is 113 cm³/mol. The molecule has 10 nitrogen and oxygen atoms in total. The molecule has 2 rings (SSSR count). The Kier molecular flexibility index (Phi) is 7.52. The summed E-state index contributed by atoms with van der Waals surface area (Å²) >= 11 is 0. The van der Waals surface area contributed by atoms with E-state index in [0.29, 0.717) is 11.7 Å². The lowest BCUT2D eigenvalue weighted by atomic mass is 10.0. The van der Waals surface area contributed by atoms with Gasteiger partial charge in [-0.05, 0) is 24.5 Å². The fourth-order valence-corrected chi connectivity index (χ4v) is 2.50. The van der Waals surface area contributed by atoms with Gasteiger partial charge in [0.05, 0.1) is 12.6 Å². The monoisotopic (exact) mass is 385 g/mol. The first kappa shape index (κ1) is 20.9. The van der Waals surface area contributed by atoms with Crippen molar-refractivity contribution < 1.29 is 5.11 Å². The Hall–Kier alpha value is -3.40. The minimum absolute atomic E-state index is 0.0251. The van der Waals surface area contributed by atoms with Crippen LogP contribution in [0.3, 0.4) is 0 Å². The van der Waals surface area contributed by atoms with Crippen LogP contribution in [-0.2, 0) is 0 Å². The largest absolute Gasteiger partial charge is 0.394 e. The molecule has 1 aromatic heterocycles. The van der Waals surface area contributed by atoms with E-state index < -0.39 is 0 Å². The van der Waals surface area contributed by atoms with E-state index in [0.717, 1.165) is 12.1 Å². The van der Waals surface area contributed by atoms with Crippen molar-refractivity contribution in [2.75, 3.05) is 23.0 Å². The van der Waals surface area contributed by atoms with Crippen LogP contribution in [0.15, 0.2) is 46.4 Å². The molecule has 1 atom stereocenters. The molecule has 2 aromatic rings. The van der Waals surface area contributed by atoms with Crippen LogP contribution in [-0.4, -0.2) is 39.6 Å². The number of rotatable bonds is 7. The van der Waals surface area contributed by atoms with Crippen LogP contribution in [0.25, 0.3) is 0 Å². The van der Waals surface area contributed by atoms with Crippen molar-refractivity contribution in [1.82, 2.24) is 9.97 Å². The number of guanidine groups is 2. The lowest BCUT2D eigenvalue weighted by Crippen LogP contribution is -2.26. The molecule has 0 saturated heterocycles. The maximum Gasteiger partial charge on any atom is 0.225 e. The van der Waals surface area contributed by atoms with Gasteiger partial charge in [0.2, 0.25) is 17.9 Å². The van der Waals surface area contributed by atoms with Crippen molar-refractivity contribution in [2.45, 2.75) is 26.3 Å². The first-order chi connectivity index (χ1) is 13.4. The van der Waals surface area contributed by atoms with E-state index in [4.69, 9.17) is 17.2 Å². The second-order valence-electron chi connectivity index (χ2n) is 6.58. The summed E-state index contributed by atoms with van der Waals surface area (Å²) in [6, 6.07) is 10.7. The summed E-state index contributed by atoms with van der Waals surface area (Å²) in [5, 5.41) is 15.5. The molecule has 10 heteroatoms. The molecule has 0 aliphatic heterocycles. The van der Waals surface area contributed by atoms with E-state index in [9.17, 15) is 5.11 Å². The van der Waals surface area contributed by atoms with Gasteiger partial charge in [-0.2, -0.15) is 20.0 Å². The zero-order valence-corrected chi connectivity index (χ0v) is 16.0. The Morgan fingerprint density at radius 1 is 1.18 bits per heavy atom. The van der Waals surface area contributed by atoms with E-state index in [1.54, 1.807) is 6.07 Å². The van der Waals surface area contributed by atoms with Crippen LogP contribution in [0.5, 0.6) is 0 Å². The molecule has 150 valence electrons. The minimum atomic E-state index is -0.160. The van der Waals surface area contributed by atoms with Crippen LogP contribution in [0.2, 0.25) is 0 Å². The number of para-hydroxylation sites is 1. The summed E-state index contributed by atoms with van der Waals surface area (Å²) in [4.78, 5) is 16.2. The highest BCUT2D eigenvalue weighted by Gasteiger charge is 2.12. The third kappa shape index (κ3) is 7.08. The summed E-state index contributed by atoms with van der Waals surface area (Å²) in [7, 11) is 0. The molecule has 0 fully saturated rings. The highest BCUT2D eigenvalue weighted by molar-refractivity contribution is 6.01. The molecule has 1 aromatic carbocycles. The van der Waals surface area contributed by atoms with Gasteiger partial charge in [-0.25, -0.2) is 0 Å². The smallest absolute Gasteiger partial charge is 0.225 e. The highest BCUT2D eigenvalue weighted by Crippen LogP contribution is 2.18. The number of anilines is 3. The van der Waals surface area contributed by atoms with E-state index in [1.807, 2.05) is 30.3 Å². The molecule has 0 radical (unpaired) electrons. The second-order valence-corrected chi connectivity index (χ2v) is 6.58. The summed E-state index contributed by atoms with van der Waals surface area (Å²) < 4.78 is 0. The molecule has 0 spiro atoms. The van der Waals surface area contributed by atoms with Gasteiger partial charge in [0, 0.05) is 11.8 Å². The first-order valence-electron chi connectivity index (χ1n) is 8.88. The van der Waals surface area contributed by atoms with Gasteiger partial charge in [-0.3, -0.25) is 0 Å². The Balaban J connectivity index is 2.13. The van der Waals surface area contributed by atoms with Crippen molar-refractivity contribution in [3.8, 4) is 0 Å². The number of aromatic nitrogens is 2. The number of hydrogen-bond donors (Lipinski definition) is 6. The van der Waals surface area contributed by atoms with Gasteiger partial charge in [0.1, 0.15) is 5.82 Å². The topological polar surface area (TPSA) is 173 Å². The molecule has 9 N–H and O–H groups in total. The highest BCUT2D eigenvalue weighted by atomic mass is 16.3. The van der Waals surface area contributed by atoms with E-state index in [-0.39, 0.29) is 36.3 Å². The summed E-state index contributed by atoms with van der Waals surface area (Å²) in [5.74, 6) is 1.10. The van der Waals surface area contributed by atoms with Crippen molar-refractivity contribution in [3.05, 3.63) is 36.4 Å². The van der Waals surface area contributed by atoms with Crippen LogP contribution >= 0.6 is 0 Å². The average Bonchev–Trinajstić information content (AvgIpc) is 2.60. The number of nitrogens with one attached hydrogen (secondary N) is 2. The van der Waals surface area contributed by atoms with Crippen molar-refractivity contribution in [3.63, 3.8) is 0 Å². The zero-order valence-electron chi connectivity index (χ0n) is 16.0. The Bertz CT molecular complexity index is 821. The van der Waals surface area contributed by atoms with Crippen LogP contribution in [0, 0.1) is 5.92 Å². The van der Waals surface area contributed by atoms with E-state index in [2.05, 4.69) is 44.4 Å². The number of hydrogen-bond acceptors (Lipinski definition) is 6. The van der Waals surface area contributed by atoms with Gasteiger partial charge in [-0.1, -0.05) is 32.0 Å². The summed E-state index contributed by atoms with van der Waals surface area (Å²) in [6.45, 7) is 4.11. The van der Waals surface area contributed by atoms with Gasteiger partial charge >= 0.3 is 0 Å². The molecule has 0 aliphatic rings. The van der Waals surface area contributed by atoms with E-state index in [1.165, 1.54) is 0 Å².